The summed E-state index contributed by atoms with van der Waals surface area (Å²) >= 11 is 0. The molecule has 0 aliphatic rings. The van der Waals surface area contributed by atoms with Gasteiger partial charge in [0.25, 0.3) is 0 Å². The molecule has 0 bridgehead atoms. The van der Waals surface area contributed by atoms with E-state index >= 15 is 0 Å². The van der Waals surface area contributed by atoms with Crippen LogP contribution in [0.1, 0.15) is 216 Å². The normalized spacial score (nSPS) is 17.2. The maximum atomic E-state index is 6.78. The highest BCUT2D eigenvalue weighted by molar-refractivity contribution is 5.75. The summed E-state index contributed by atoms with van der Waals surface area (Å²) in [5.41, 5.74) is 0. The molecule has 0 fully saturated rings. The summed E-state index contributed by atoms with van der Waals surface area (Å²) in [7, 11) is 0. The summed E-state index contributed by atoms with van der Waals surface area (Å²) in [4.78, 5) is 0. The predicted molar refractivity (Wildman–Crippen MR) is 237 cm³/mol. The second-order valence-electron chi connectivity index (χ2n) is 21.2. The average Bonchev–Trinajstić information content (AvgIpc) is 2.85. The molecule has 0 aliphatic carbocycles. The SMILES string of the molecule is CC(C)CC(C)CC(CC(C)C)OC(CC(C)C)CC(C)CC(C)C.CC(C)CC(C)CC(CC(C)C)OC(CC(C)C)CC(C)CC(C)C.[MgH2]. The van der Waals surface area contributed by atoms with Crippen molar-refractivity contribution in [1.29, 1.82) is 0 Å². The van der Waals surface area contributed by atoms with E-state index in [0.29, 0.717) is 48.1 Å². The molecule has 51 heavy (non-hydrogen) atoms. The molecule has 0 heterocycles. The zero-order chi connectivity index (χ0) is 39.1. The number of ether oxygens (including phenoxy) is 2. The molecule has 0 N–H and O–H groups in total. The van der Waals surface area contributed by atoms with Crippen LogP contribution in [0.25, 0.3) is 0 Å². The standard InChI is InChI=1S/2C24H50O.Mg.2H/c2*1-17(2)11-21(9)15-23(13-19(5)6)25-24(14-20(7)8)16-22(10)12-18(3)4;;;/h2*17-24H,11-16H2,1-10H3;;;. The van der Waals surface area contributed by atoms with Gasteiger partial charge in [-0.2, -0.15) is 0 Å². The van der Waals surface area contributed by atoms with Gasteiger partial charge in [0.1, 0.15) is 0 Å². The molecule has 0 saturated carbocycles. The first-order valence-electron chi connectivity index (χ1n) is 22.3. The zero-order valence-electron chi connectivity index (χ0n) is 38.5. The maximum absolute atomic E-state index is 6.78. The third kappa shape index (κ3) is 37.4. The molecule has 0 saturated heterocycles. The van der Waals surface area contributed by atoms with Gasteiger partial charge >= 0.3 is 23.1 Å². The molecule has 2 nitrogen and oxygen atoms in total. The molecule has 0 aromatic carbocycles. The van der Waals surface area contributed by atoms with Gasteiger partial charge in [0.2, 0.25) is 0 Å². The van der Waals surface area contributed by atoms with Gasteiger partial charge in [0.15, 0.2) is 0 Å². The van der Waals surface area contributed by atoms with Crippen molar-refractivity contribution in [3.05, 3.63) is 0 Å². The molecular formula is C48H102MgO2. The first-order chi connectivity index (χ1) is 23.0. The van der Waals surface area contributed by atoms with Gasteiger partial charge < -0.3 is 9.47 Å². The molecule has 8 unspecified atom stereocenters. The molecule has 308 valence electrons. The van der Waals surface area contributed by atoms with E-state index in [0.717, 1.165) is 47.3 Å². The third-order valence-electron chi connectivity index (χ3n) is 9.86. The van der Waals surface area contributed by atoms with Crippen molar-refractivity contribution >= 4 is 23.1 Å². The van der Waals surface area contributed by atoms with Crippen molar-refractivity contribution in [3.8, 4) is 0 Å². The lowest BCUT2D eigenvalue weighted by atomic mass is 9.89. The second-order valence-corrected chi connectivity index (χ2v) is 21.2. The Morgan fingerprint density at radius 1 is 0.216 bits per heavy atom. The summed E-state index contributed by atoms with van der Waals surface area (Å²) in [5.74, 6) is 9.03. The fourth-order valence-electron chi connectivity index (χ4n) is 8.88. The highest BCUT2D eigenvalue weighted by Gasteiger charge is 2.25. The Labute approximate surface area is 341 Å². The molecule has 0 aromatic rings. The topological polar surface area (TPSA) is 18.5 Å². The average molecular weight is 736 g/mol. The Kier molecular flexibility index (Phi) is 35.0. The van der Waals surface area contributed by atoms with Crippen LogP contribution in [0.15, 0.2) is 0 Å². The van der Waals surface area contributed by atoms with Gasteiger partial charge in [-0.1, -0.05) is 138 Å². The van der Waals surface area contributed by atoms with Crippen LogP contribution in [-0.4, -0.2) is 47.5 Å². The minimum Gasteiger partial charge on any atom is -0.375 e. The first-order valence-corrected chi connectivity index (χ1v) is 22.3. The van der Waals surface area contributed by atoms with Crippen molar-refractivity contribution in [3.63, 3.8) is 0 Å². The van der Waals surface area contributed by atoms with E-state index in [1.54, 1.807) is 0 Å². The van der Waals surface area contributed by atoms with E-state index in [4.69, 9.17) is 9.47 Å². The lowest BCUT2D eigenvalue weighted by Gasteiger charge is -2.31. The van der Waals surface area contributed by atoms with Gasteiger partial charge in [0, 0.05) is 0 Å². The van der Waals surface area contributed by atoms with E-state index in [2.05, 4.69) is 138 Å². The largest absolute Gasteiger partial charge is 0.375 e. The number of hydrogen-bond acceptors (Lipinski definition) is 2. The fraction of sp³-hybridized carbons (Fsp3) is 1.00. The Morgan fingerprint density at radius 2 is 0.353 bits per heavy atom. The molecule has 3 heteroatoms. The van der Waals surface area contributed by atoms with E-state index in [1.807, 2.05) is 0 Å². The zero-order valence-corrected chi connectivity index (χ0v) is 38.5. The smallest absolute Gasteiger partial charge is 0.316 e. The van der Waals surface area contributed by atoms with Crippen molar-refractivity contribution in [2.75, 3.05) is 0 Å². The Bertz CT molecular complexity index is 620. The summed E-state index contributed by atoms with van der Waals surface area (Å²) in [6, 6.07) is 0. The molecule has 0 aromatic heterocycles. The van der Waals surface area contributed by atoms with E-state index < -0.39 is 0 Å². The summed E-state index contributed by atoms with van der Waals surface area (Å²) in [6.07, 6.45) is 16.7. The molecule has 0 rings (SSSR count). The van der Waals surface area contributed by atoms with Gasteiger partial charge in [-0.3, -0.25) is 0 Å². The lowest BCUT2D eigenvalue weighted by molar-refractivity contribution is -0.0522. The minimum atomic E-state index is 0. The molecule has 8 atom stereocenters. The summed E-state index contributed by atoms with van der Waals surface area (Å²) in [5, 5.41) is 0. The lowest BCUT2D eigenvalue weighted by Crippen LogP contribution is -2.28. The van der Waals surface area contributed by atoms with E-state index in [-0.39, 0.29) is 23.1 Å². The van der Waals surface area contributed by atoms with Crippen LogP contribution < -0.4 is 0 Å². The quantitative estimate of drug-likeness (QED) is 0.0745. The van der Waals surface area contributed by atoms with Gasteiger partial charge in [-0.15, -0.1) is 0 Å². The summed E-state index contributed by atoms with van der Waals surface area (Å²) in [6.45, 7) is 47.0. The van der Waals surface area contributed by atoms with E-state index in [1.165, 1.54) is 77.0 Å². The highest BCUT2D eigenvalue weighted by atomic mass is 24.3. The molecule has 0 spiro atoms. The first kappa shape index (κ1) is 56.0. The summed E-state index contributed by atoms with van der Waals surface area (Å²) < 4.78 is 13.6. The monoisotopic (exact) mass is 735 g/mol. The van der Waals surface area contributed by atoms with Crippen LogP contribution in [0.5, 0.6) is 0 Å². The van der Waals surface area contributed by atoms with Crippen LogP contribution in [0.3, 0.4) is 0 Å². The third-order valence-corrected chi connectivity index (χ3v) is 9.86. The van der Waals surface area contributed by atoms with Crippen molar-refractivity contribution in [2.24, 2.45) is 71.0 Å². The number of rotatable bonds is 28. The van der Waals surface area contributed by atoms with Crippen LogP contribution in [-0.2, 0) is 9.47 Å². The molecule has 0 amide bonds. The van der Waals surface area contributed by atoms with Crippen molar-refractivity contribution < 1.29 is 9.47 Å². The van der Waals surface area contributed by atoms with Crippen LogP contribution in [0, 0.1) is 71.0 Å². The molecule has 0 aliphatic heterocycles. The van der Waals surface area contributed by atoms with Crippen LogP contribution in [0.2, 0.25) is 0 Å². The highest BCUT2D eigenvalue weighted by Crippen LogP contribution is 2.30. The fourth-order valence-corrected chi connectivity index (χ4v) is 8.88. The predicted octanol–water partition coefficient (Wildman–Crippen LogP) is 15.0. The van der Waals surface area contributed by atoms with Crippen molar-refractivity contribution in [1.82, 2.24) is 0 Å². The Balaban J connectivity index is -0.000000886. The van der Waals surface area contributed by atoms with Crippen molar-refractivity contribution in [2.45, 2.75) is 240 Å². The Hall–Kier alpha value is 0.686. The van der Waals surface area contributed by atoms with Gasteiger partial charge in [-0.25, -0.2) is 0 Å². The second kappa shape index (κ2) is 31.8. The van der Waals surface area contributed by atoms with E-state index in [9.17, 15) is 0 Å². The van der Waals surface area contributed by atoms with Crippen LogP contribution in [0.4, 0.5) is 0 Å². The van der Waals surface area contributed by atoms with Gasteiger partial charge in [-0.05, 0) is 148 Å². The van der Waals surface area contributed by atoms with Crippen LogP contribution >= 0.6 is 0 Å². The van der Waals surface area contributed by atoms with Gasteiger partial charge in [0.05, 0.1) is 24.4 Å². The molecular weight excluding hydrogens is 633 g/mol. The maximum Gasteiger partial charge on any atom is 0.316 e. The Morgan fingerprint density at radius 3 is 0.471 bits per heavy atom. The number of hydrogen-bond donors (Lipinski definition) is 0. The molecule has 0 radical (unpaired) electrons. The minimum absolute atomic E-state index is 0.